The van der Waals surface area contributed by atoms with Gasteiger partial charge in [0, 0.05) is 22.5 Å². The highest BCUT2D eigenvalue weighted by Gasteiger charge is 1.97. The van der Waals surface area contributed by atoms with E-state index in [0.717, 1.165) is 23.6 Å². The first-order valence-corrected chi connectivity index (χ1v) is 6.54. The molecule has 0 aliphatic heterocycles. The van der Waals surface area contributed by atoms with E-state index in [-0.39, 0.29) is 0 Å². The Kier molecular flexibility index (Phi) is 4.45. The third kappa shape index (κ3) is 3.79. The van der Waals surface area contributed by atoms with Gasteiger partial charge in [0.25, 0.3) is 0 Å². The van der Waals surface area contributed by atoms with Crippen LogP contribution in [0.4, 0.5) is 0 Å². The third-order valence-corrected chi connectivity index (χ3v) is 3.43. The van der Waals surface area contributed by atoms with Crippen LogP contribution in [0.25, 0.3) is 0 Å². The van der Waals surface area contributed by atoms with Crippen LogP contribution in [0.2, 0.25) is 0 Å². The molecule has 1 aromatic heterocycles. The van der Waals surface area contributed by atoms with Crippen LogP contribution < -0.4 is 4.74 Å². The summed E-state index contributed by atoms with van der Waals surface area (Å²) in [7, 11) is 1.68. The van der Waals surface area contributed by atoms with Gasteiger partial charge in [-0.05, 0) is 42.8 Å². The summed E-state index contributed by atoms with van der Waals surface area (Å²) in [6, 6.07) is 14.2. The maximum atomic E-state index is 5.12. The summed E-state index contributed by atoms with van der Waals surface area (Å²) in [5, 5.41) is 0. The molecule has 0 radical (unpaired) electrons. The normalized spacial score (nSPS) is 10.2. The van der Waals surface area contributed by atoms with Crippen molar-refractivity contribution < 1.29 is 4.74 Å². The molecule has 3 heteroatoms. The molecule has 0 atom stereocenters. The molecule has 0 bridgehead atoms. The van der Waals surface area contributed by atoms with Crippen LogP contribution in [0.3, 0.4) is 0 Å². The van der Waals surface area contributed by atoms with Crippen LogP contribution in [-0.2, 0) is 6.42 Å². The van der Waals surface area contributed by atoms with Crippen molar-refractivity contribution in [3.05, 3.63) is 54.4 Å². The molecular formula is C14H15NOS. The Balaban J connectivity index is 1.82. The summed E-state index contributed by atoms with van der Waals surface area (Å²) in [6.07, 6.45) is 2.84. The molecule has 2 aromatic rings. The van der Waals surface area contributed by atoms with Crippen molar-refractivity contribution in [2.45, 2.75) is 11.3 Å². The van der Waals surface area contributed by atoms with Gasteiger partial charge < -0.3 is 4.74 Å². The van der Waals surface area contributed by atoms with Crippen molar-refractivity contribution >= 4 is 11.8 Å². The van der Waals surface area contributed by atoms with Crippen molar-refractivity contribution in [2.75, 3.05) is 12.9 Å². The van der Waals surface area contributed by atoms with Crippen LogP contribution in [0, 0.1) is 0 Å². The number of thioether (sulfide) groups is 1. The van der Waals surface area contributed by atoms with E-state index in [1.165, 1.54) is 4.90 Å². The van der Waals surface area contributed by atoms with Crippen molar-refractivity contribution in [3.8, 4) is 5.75 Å². The second-order valence-corrected chi connectivity index (χ2v) is 4.76. The van der Waals surface area contributed by atoms with Gasteiger partial charge in [-0.15, -0.1) is 11.8 Å². The largest absolute Gasteiger partial charge is 0.497 e. The number of hydrogen-bond donors (Lipinski definition) is 0. The Morgan fingerprint density at radius 3 is 2.59 bits per heavy atom. The lowest BCUT2D eigenvalue weighted by Gasteiger charge is -2.03. The smallest absolute Gasteiger partial charge is 0.118 e. The molecule has 88 valence electrons. The number of nitrogens with zero attached hydrogens (tertiary/aromatic N) is 1. The monoisotopic (exact) mass is 245 g/mol. The number of pyridine rings is 1. The molecule has 2 nitrogen and oxygen atoms in total. The van der Waals surface area contributed by atoms with Gasteiger partial charge in [-0.2, -0.15) is 0 Å². The predicted octanol–water partition coefficient (Wildman–Crippen LogP) is 3.43. The molecule has 17 heavy (non-hydrogen) atoms. The summed E-state index contributed by atoms with van der Waals surface area (Å²) < 4.78 is 5.12. The minimum atomic E-state index is 0.902. The van der Waals surface area contributed by atoms with E-state index in [1.807, 2.05) is 42.2 Å². The number of benzene rings is 1. The lowest BCUT2D eigenvalue weighted by molar-refractivity contribution is 0.414. The minimum absolute atomic E-state index is 0.902. The van der Waals surface area contributed by atoms with Gasteiger partial charge in [0.05, 0.1) is 7.11 Å². The van der Waals surface area contributed by atoms with Crippen LogP contribution in [0.15, 0.2) is 53.6 Å². The number of aryl methyl sites for hydroxylation is 1. The molecule has 0 saturated carbocycles. The quantitative estimate of drug-likeness (QED) is 0.753. The Morgan fingerprint density at radius 1 is 1.12 bits per heavy atom. The second-order valence-electron chi connectivity index (χ2n) is 3.60. The lowest BCUT2D eigenvalue weighted by atomic mass is 10.3. The van der Waals surface area contributed by atoms with E-state index < -0.39 is 0 Å². The van der Waals surface area contributed by atoms with E-state index in [9.17, 15) is 0 Å². The van der Waals surface area contributed by atoms with Crippen molar-refractivity contribution in [3.63, 3.8) is 0 Å². The maximum absolute atomic E-state index is 5.12. The minimum Gasteiger partial charge on any atom is -0.497 e. The van der Waals surface area contributed by atoms with Gasteiger partial charge in [-0.3, -0.25) is 4.98 Å². The Labute approximate surface area is 106 Å². The molecule has 0 aliphatic rings. The number of ether oxygens (including phenoxy) is 1. The zero-order valence-electron chi connectivity index (χ0n) is 9.80. The van der Waals surface area contributed by atoms with Crippen molar-refractivity contribution in [2.24, 2.45) is 0 Å². The van der Waals surface area contributed by atoms with Crippen LogP contribution in [-0.4, -0.2) is 17.8 Å². The Bertz CT molecular complexity index is 442. The van der Waals surface area contributed by atoms with Gasteiger partial charge in [0.1, 0.15) is 5.75 Å². The molecule has 1 aromatic carbocycles. The van der Waals surface area contributed by atoms with Crippen molar-refractivity contribution in [1.29, 1.82) is 0 Å². The standard InChI is InChI=1S/C14H15NOS/c1-16-13-5-7-14(8-6-13)17-11-9-12-4-2-3-10-15-12/h2-8,10H,9,11H2,1H3. The summed E-state index contributed by atoms with van der Waals surface area (Å²) in [5.74, 6) is 1.95. The fourth-order valence-electron chi connectivity index (χ4n) is 1.49. The molecule has 0 unspecified atom stereocenters. The van der Waals surface area contributed by atoms with E-state index in [1.54, 1.807) is 7.11 Å². The van der Waals surface area contributed by atoms with Crippen molar-refractivity contribution in [1.82, 2.24) is 4.98 Å². The molecule has 0 amide bonds. The fraction of sp³-hybridized carbons (Fsp3) is 0.214. The van der Waals surface area contributed by atoms with Gasteiger partial charge >= 0.3 is 0 Å². The van der Waals surface area contributed by atoms with Crippen LogP contribution in [0.1, 0.15) is 5.69 Å². The van der Waals surface area contributed by atoms with E-state index in [4.69, 9.17) is 4.74 Å². The molecule has 2 rings (SSSR count). The fourth-order valence-corrected chi connectivity index (χ4v) is 2.37. The number of aromatic nitrogens is 1. The third-order valence-electron chi connectivity index (χ3n) is 2.41. The molecule has 0 fully saturated rings. The molecule has 0 aliphatic carbocycles. The highest BCUT2D eigenvalue weighted by atomic mass is 32.2. The molecule has 0 N–H and O–H groups in total. The molecular weight excluding hydrogens is 230 g/mol. The highest BCUT2D eigenvalue weighted by molar-refractivity contribution is 7.99. The van der Waals surface area contributed by atoms with E-state index >= 15 is 0 Å². The zero-order chi connectivity index (χ0) is 11.9. The maximum Gasteiger partial charge on any atom is 0.118 e. The van der Waals surface area contributed by atoms with E-state index in [2.05, 4.69) is 23.2 Å². The average Bonchev–Trinajstić information content (AvgIpc) is 2.41. The summed E-state index contributed by atoms with van der Waals surface area (Å²) in [6.45, 7) is 0. The van der Waals surface area contributed by atoms with Gasteiger partial charge in [-0.25, -0.2) is 0 Å². The zero-order valence-corrected chi connectivity index (χ0v) is 10.6. The molecule has 0 spiro atoms. The Hall–Kier alpha value is -1.48. The number of hydrogen-bond acceptors (Lipinski definition) is 3. The average molecular weight is 245 g/mol. The first kappa shape index (κ1) is 12.0. The summed E-state index contributed by atoms with van der Waals surface area (Å²) in [5.41, 5.74) is 1.15. The summed E-state index contributed by atoms with van der Waals surface area (Å²) in [4.78, 5) is 5.57. The van der Waals surface area contributed by atoms with Crippen LogP contribution >= 0.6 is 11.8 Å². The first-order chi connectivity index (χ1) is 8.38. The molecule has 1 heterocycles. The predicted molar refractivity (Wildman–Crippen MR) is 71.7 cm³/mol. The van der Waals surface area contributed by atoms with E-state index in [0.29, 0.717) is 0 Å². The number of rotatable bonds is 5. The van der Waals surface area contributed by atoms with Gasteiger partial charge in [0.15, 0.2) is 0 Å². The molecule has 0 saturated heterocycles. The SMILES string of the molecule is COc1ccc(SCCc2ccccn2)cc1. The van der Waals surface area contributed by atoms with Gasteiger partial charge in [0.2, 0.25) is 0 Å². The van der Waals surface area contributed by atoms with Crippen LogP contribution in [0.5, 0.6) is 5.75 Å². The number of methoxy groups -OCH3 is 1. The lowest BCUT2D eigenvalue weighted by Crippen LogP contribution is -1.91. The highest BCUT2D eigenvalue weighted by Crippen LogP contribution is 2.21. The van der Waals surface area contributed by atoms with Gasteiger partial charge in [-0.1, -0.05) is 6.07 Å². The summed E-state index contributed by atoms with van der Waals surface area (Å²) >= 11 is 1.84. The Morgan fingerprint density at radius 2 is 1.94 bits per heavy atom. The topological polar surface area (TPSA) is 22.1 Å². The first-order valence-electron chi connectivity index (χ1n) is 5.55. The second kappa shape index (κ2) is 6.30.